The van der Waals surface area contributed by atoms with E-state index in [1.165, 1.54) is 25.7 Å². The third kappa shape index (κ3) is 2.89. The highest BCUT2D eigenvalue weighted by Crippen LogP contribution is 2.34. The van der Waals surface area contributed by atoms with Gasteiger partial charge in [0, 0.05) is 19.1 Å². The number of hydrogen-bond donors (Lipinski definition) is 1. The van der Waals surface area contributed by atoms with E-state index in [0.717, 1.165) is 31.3 Å². The van der Waals surface area contributed by atoms with Gasteiger partial charge in [0.15, 0.2) is 0 Å². The molecule has 3 heteroatoms. The second-order valence-corrected chi connectivity index (χ2v) is 6.02. The van der Waals surface area contributed by atoms with Crippen LogP contribution < -0.4 is 5.73 Å². The molecular weight excluding hydrogens is 212 g/mol. The van der Waals surface area contributed by atoms with E-state index in [9.17, 15) is 4.79 Å². The highest BCUT2D eigenvalue weighted by Gasteiger charge is 2.34. The molecule has 0 bridgehead atoms. The summed E-state index contributed by atoms with van der Waals surface area (Å²) >= 11 is 0. The molecule has 2 fully saturated rings. The normalized spacial score (nSPS) is 31.8. The molecule has 17 heavy (non-hydrogen) atoms. The number of hydrogen-bond acceptors (Lipinski definition) is 2. The molecule has 0 aliphatic heterocycles. The van der Waals surface area contributed by atoms with E-state index in [0.29, 0.717) is 5.91 Å². The van der Waals surface area contributed by atoms with Crippen LogP contribution in [0.25, 0.3) is 0 Å². The standard InChI is InChI=1S/C14H22N2O/c15-13-6-5-12(7-13)14(17)16(8-10-1-2-10)9-11-3-4-11/h5-6,10-13H,1-4,7-9,15H2. The Kier molecular flexibility index (Phi) is 2.95. The topological polar surface area (TPSA) is 46.3 Å². The fraction of sp³-hybridized carbons (Fsp3) is 0.786. The van der Waals surface area contributed by atoms with Crippen molar-refractivity contribution >= 4 is 5.91 Å². The van der Waals surface area contributed by atoms with Gasteiger partial charge in [-0.05, 0) is 43.9 Å². The average Bonchev–Trinajstić information content (AvgIpc) is 3.21. The Bertz CT molecular complexity index is 317. The molecule has 3 aliphatic rings. The largest absolute Gasteiger partial charge is 0.342 e. The number of rotatable bonds is 5. The third-order valence-electron chi connectivity index (χ3n) is 4.10. The monoisotopic (exact) mass is 234 g/mol. The van der Waals surface area contributed by atoms with Crippen LogP contribution in [0.2, 0.25) is 0 Å². The molecule has 0 aromatic rings. The van der Waals surface area contributed by atoms with Gasteiger partial charge >= 0.3 is 0 Å². The summed E-state index contributed by atoms with van der Waals surface area (Å²) in [7, 11) is 0. The van der Waals surface area contributed by atoms with Crippen LogP contribution in [-0.4, -0.2) is 29.9 Å². The Balaban J connectivity index is 1.59. The molecule has 2 saturated carbocycles. The van der Waals surface area contributed by atoms with E-state index in [4.69, 9.17) is 5.73 Å². The zero-order valence-corrected chi connectivity index (χ0v) is 10.3. The first-order valence-electron chi connectivity index (χ1n) is 6.95. The van der Waals surface area contributed by atoms with Gasteiger partial charge in [0.2, 0.25) is 5.91 Å². The fourth-order valence-corrected chi connectivity index (χ4v) is 2.62. The lowest BCUT2D eigenvalue weighted by atomic mass is 10.1. The van der Waals surface area contributed by atoms with Crippen LogP contribution >= 0.6 is 0 Å². The molecule has 0 heterocycles. The van der Waals surface area contributed by atoms with Gasteiger partial charge in [0.1, 0.15) is 0 Å². The van der Waals surface area contributed by atoms with Crippen molar-refractivity contribution in [1.82, 2.24) is 4.90 Å². The first-order chi connectivity index (χ1) is 8.22. The molecule has 1 amide bonds. The van der Waals surface area contributed by atoms with Gasteiger partial charge in [-0.25, -0.2) is 0 Å². The lowest BCUT2D eigenvalue weighted by molar-refractivity contribution is -0.134. The van der Waals surface area contributed by atoms with Gasteiger partial charge in [-0.1, -0.05) is 12.2 Å². The van der Waals surface area contributed by atoms with Crippen LogP contribution in [-0.2, 0) is 4.79 Å². The van der Waals surface area contributed by atoms with Gasteiger partial charge in [-0.15, -0.1) is 0 Å². The van der Waals surface area contributed by atoms with Crippen molar-refractivity contribution in [1.29, 1.82) is 0 Å². The van der Waals surface area contributed by atoms with Crippen LogP contribution in [0, 0.1) is 17.8 Å². The minimum absolute atomic E-state index is 0.0579. The van der Waals surface area contributed by atoms with Crippen molar-refractivity contribution < 1.29 is 4.79 Å². The van der Waals surface area contributed by atoms with Crippen molar-refractivity contribution in [3.63, 3.8) is 0 Å². The van der Waals surface area contributed by atoms with E-state index in [2.05, 4.69) is 4.90 Å². The zero-order valence-electron chi connectivity index (χ0n) is 10.3. The van der Waals surface area contributed by atoms with Crippen LogP contribution in [0.4, 0.5) is 0 Å². The Morgan fingerprint density at radius 1 is 1.12 bits per heavy atom. The summed E-state index contributed by atoms with van der Waals surface area (Å²) in [5.74, 6) is 1.96. The minimum atomic E-state index is 0.0579. The summed E-state index contributed by atoms with van der Waals surface area (Å²) in [5.41, 5.74) is 5.83. The quantitative estimate of drug-likeness (QED) is 0.733. The Morgan fingerprint density at radius 3 is 2.12 bits per heavy atom. The molecule has 0 saturated heterocycles. The predicted octanol–water partition coefficient (Wildman–Crippen LogP) is 1.54. The summed E-state index contributed by atoms with van der Waals surface area (Å²) in [5, 5.41) is 0. The molecule has 3 aliphatic carbocycles. The Morgan fingerprint density at radius 2 is 1.71 bits per heavy atom. The van der Waals surface area contributed by atoms with Crippen LogP contribution in [0.5, 0.6) is 0 Å². The van der Waals surface area contributed by atoms with E-state index in [1.807, 2.05) is 12.2 Å². The number of nitrogens with zero attached hydrogens (tertiary/aromatic N) is 1. The van der Waals surface area contributed by atoms with E-state index >= 15 is 0 Å². The van der Waals surface area contributed by atoms with Crippen LogP contribution in [0.3, 0.4) is 0 Å². The lowest BCUT2D eigenvalue weighted by Gasteiger charge is -2.25. The maximum absolute atomic E-state index is 12.4. The highest BCUT2D eigenvalue weighted by molar-refractivity contribution is 5.81. The van der Waals surface area contributed by atoms with Crippen molar-refractivity contribution in [3.8, 4) is 0 Å². The van der Waals surface area contributed by atoms with E-state index in [1.54, 1.807) is 0 Å². The van der Waals surface area contributed by atoms with Crippen molar-refractivity contribution in [3.05, 3.63) is 12.2 Å². The van der Waals surface area contributed by atoms with Crippen molar-refractivity contribution in [2.24, 2.45) is 23.5 Å². The number of amides is 1. The molecule has 2 N–H and O–H groups in total. The molecule has 94 valence electrons. The first-order valence-corrected chi connectivity index (χ1v) is 6.95. The smallest absolute Gasteiger partial charge is 0.229 e. The Labute approximate surface area is 103 Å². The van der Waals surface area contributed by atoms with E-state index in [-0.39, 0.29) is 12.0 Å². The molecule has 2 atom stereocenters. The fourth-order valence-electron chi connectivity index (χ4n) is 2.62. The van der Waals surface area contributed by atoms with Gasteiger partial charge in [0.25, 0.3) is 0 Å². The Hall–Kier alpha value is -0.830. The molecule has 0 aromatic carbocycles. The second kappa shape index (κ2) is 4.45. The summed E-state index contributed by atoms with van der Waals surface area (Å²) in [6.45, 7) is 1.99. The minimum Gasteiger partial charge on any atom is -0.342 e. The zero-order chi connectivity index (χ0) is 11.8. The number of carbonyl (C=O) groups is 1. The first kappa shape index (κ1) is 11.3. The van der Waals surface area contributed by atoms with Crippen LogP contribution in [0.1, 0.15) is 32.1 Å². The number of carbonyl (C=O) groups excluding carboxylic acids is 1. The SMILES string of the molecule is NC1C=CC(C(=O)N(CC2CC2)CC2CC2)C1. The molecule has 3 rings (SSSR count). The molecule has 0 radical (unpaired) electrons. The van der Waals surface area contributed by atoms with Gasteiger partial charge < -0.3 is 10.6 Å². The van der Waals surface area contributed by atoms with E-state index < -0.39 is 0 Å². The summed E-state index contributed by atoms with van der Waals surface area (Å²) < 4.78 is 0. The second-order valence-electron chi connectivity index (χ2n) is 6.02. The van der Waals surface area contributed by atoms with Crippen molar-refractivity contribution in [2.45, 2.75) is 38.1 Å². The van der Waals surface area contributed by atoms with Crippen molar-refractivity contribution in [2.75, 3.05) is 13.1 Å². The molecule has 0 aromatic heterocycles. The molecule has 2 unspecified atom stereocenters. The van der Waals surface area contributed by atoms with Gasteiger partial charge in [-0.3, -0.25) is 4.79 Å². The van der Waals surface area contributed by atoms with Crippen LogP contribution in [0.15, 0.2) is 12.2 Å². The summed E-state index contributed by atoms with van der Waals surface area (Å²) in [4.78, 5) is 14.6. The number of nitrogens with two attached hydrogens (primary N) is 1. The molecule has 3 nitrogen and oxygen atoms in total. The molecular formula is C14H22N2O. The molecule has 0 spiro atoms. The third-order valence-corrected chi connectivity index (χ3v) is 4.10. The maximum Gasteiger partial charge on any atom is 0.229 e. The summed E-state index contributed by atoms with van der Waals surface area (Å²) in [6, 6.07) is 0.0904. The van der Waals surface area contributed by atoms with Gasteiger partial charge in [-0.2, -0.15) is 0 Å². The van der Waals surface area contributed by atoms with Gasteiger partial charge in [0.05, 0.1) is 5.92 Å². The maximum atomic E-state index is 12.4. The lowest BCUT2D eigenvalue weighted by Crippen LogP contribution is -2.38. The average molecular weight is 234 g/mol. The highest BCUT2D eigenvalue weighted by atomic mass is 16.2. The predicted molar refractivity (Wildman–Crippen MR) is 67.3 cm³/mol. The summed E-state index contributed by atoms with van der Waals surface area (Å²) in [6.07, 6.45) is 10.1.